The molecule has 200 valence electrons. The third-order valence-electron chi connectivity index (χ3n) is 8.18. The van der Waals surface area contributed by atoms with Crippen molar-refractivity contribution in [2.24, 2.45) is 13.0 Å². The van der Waals surface area contributed by atoms with Gasteiger partial charge in [0.15, 0.2) is 0 Å². The predicted octanol–water partition coefficient (Wildman–Crippen LogP) is 4.83. The van der Waals surface area contributed by atoms with E-state index in [0.717, 1.165) is 35.9 Å². The minimum Gasteiger partial charge on any atom is -0.392 e. The number of aliphatic hydroxyl groups is 1. The highest BCUT2D eigenvalue weighted by atomic mass is 19.4. The third-order valence-corrected chi connectivity index (χ3v) is 8.18. The SMILES string of the molecule is C[C@H](c1nc(C(F)(F)F)cc2c(-c3cccc([C@H](c4nncn4C)C4CCC4)c3)n[nH]c12)N1CC[C@@H](O)C1. The number of hydrogen-bond donors (Lipinski definition) is 2. The smallest absolute Gasteiger partial charge is 0.392 e. The van der Waals surface area contributed by atoms with Crippen molar-refractivity contribution in [1.82, 2.24) is 34.8 Å². The molecule has 8 nitrogen and oxygen atoms in total. The van der Waals surface area contributed by atoms with Crippen LogP contribution in [0.4, 0.5) is 13.2 Å². The van der Waals surface area contributed by atoms with Gasteiger partial charge in [-0.25, -0.2) is 4.98 Å². The van der Waals surface area contributed by atoms with E-state index < -0.39 is 24.0 Å². The Bertz CT molecular complexity index is 1460. The number of rotatable bonds is 6. The molecule has 1 aliphatic carbocycles. The molecule has 0 unspecified atom stereocenters. The van der Waals surface area contributed by atoms with Crippen molar-refractivity contribution in [2.75, 3.05) is 13.1 Å². The fourth-order valence-corrected chi connectivity index (χ4v) is 5.86. The van der Waals surface area contributed by atoms with Gasteiger partial charge in [0.05, 0.1) is 23.4 Å². The molecule has 4 heterocycles. The van der Waals surface area contributed by atoms with Crippen molar-refractivity contribution in [3.63, 3.8) is 0 Å². The summed E-state index contributed by atoms with van der Waals surface area (Å²) in [5.41, 5.74) is 2.05. The number of aryl methyl sites for hydroxylation is 1. The van der Waals surface area contributed by atoms with Crippen molar-refractivity contribution in [3.05, 3.63) is 59.4 Å². The molecule has 0 spiro atoms. The molecular weight excluding hydrogens is 495 g/mol. The molecule has 1 aliphatic heterocycles. The monoisotopic (exact) mass is 525 g/mol. The minimum absolute atomic E-state index is 0.0472. The zero-order valence-corrected chi connectivity index (χ0v) is 21.3. The van der Waals surface area contributed by atoms with Crippen LogP contribution < -0.4 is 0 Å². The number of fused-ring (bicyclic) bond motifs is 1. The van der Waals surface area contributed by atoms with Crippen LogP contribution in [0.2, 0.25) is 0 Å². The Hall–Kier alpha value is -3.31. The Labute approximate surface area is 217 Å². The Kier molecular flexibility index (Phi) is 6.22. The number of nitrogens with one attached hydrogen (secondary N) is 1. The summed E-state index contributed by atoms with van der Waals surface area (Å²) in [5, 5.41) is 26.3. The summed E-state index contributed by atoms with van der Waals surface area (Å²) < 4.78 is 43.9. The molecule has 3 atom stereocenters. The van der Waals surface area contributed by atoms with Crippen molar-refractivity contribution in [1.29, 1.82) is 0 Å². The lowest BCUT2D eigenvalue weighted by atomic mass is 9.72. The van der Waals surface area contributed by atoms with Gasteiger partial charge in [0.2, 0.25) is 0 Å². The highest BCUT2D eigenvalue weighted by Gasteiger charge is 2.37. The topological polar surface area (TPSA) is 95.8 Å². The number of aromatic amines is 1. The number of aliphatic hydroxyl groups excluding tert-OH is 1. The molecular formula is C27H30F3N7O. The highest BCUT2D eigenvalue weighted by Crippen LogP contribution is 2.44. The molecule has 0 amide bonds. The second-order valence-electron chi connectivity index (χ2n) is 10.6. The van der Waals surface area contributed by atoms with Crippen LogP contribution in [0, 0.1) is 5.92 Å². The molecule has 4 aromatic rings. The number of likely N-dealkylation sites (tertiary alicyclic amines) is 1. The van der Waals surface area contributed by atoms with Gasteiger partial charge >= 0.3 is 6.18 Å². The summed E-state index contributed by atoms with van der Waals surface area (Å²) in [7, 11) is 1.93. The van der Waals surface area contributed by atoms with Gasteiger partial charge in [-0.2, -0.15) is 18.3 Å². The largest absolute Gasteiger partial charge is 0.433 e. The lowest BCUT2D eigenvalue weighted by Crippen LogP contribution is -2.27. The number of β-amino-alcohol motifs (C(OH)–C–C–N with tert-alkyl or cyclic N) is 1. The first-order valence-electron chi connectivity index (χ1n) is 13.0. The Morgan fingerprint density at radius 1 is 1.16 bits per heavy atom. The zero-order valence-electron chi connectivity index (χ0n) is 21.3. The van der Waals surface area contributed by atoms with Crippen LogP contribution in [0.15, 0.2) is 36.7 Å². The van der Waals surface area contributed by atoms with Crippen LogP contribution in [0.25, 0.3) is 22.2 Å². The Balaban J connectivity index is 1.46. The van der Waals surface area contributed by atoms with Gasteiger partial charge in [-0.3, -0.25) is 10.00 Å². The van der Waals surface area contributed by atoms with E-state index in [-0.39, 0.29) is 11.6 Å². The van der Waals surface area contributed by atoms with E-state index >= 15 is 0 Å². The maximum absolute atomic E-state index is 14.0. The van der Waals surface area contributed by atoms with E-state index in [1.807, 2.05) is 47.7 Å². The van der Waals surface area contributed by atoms with Gasteiger partial charge in [0, 0.05) is 37.0 Å². The molecule has 6 rings (SSSR count). The van der Waals surface area contributed by atoms with Gasteiger partial charge in [0.25, 0.3) is 0 Å². The van der Waals surface area contributed by atoms with E-state index in [2.05, 4.69) is 25.4 Å². The van der Waals surface area contributed by atoms with Crippen LogP contribution >= 0.6 is 0 Å². The average molecular weight is 526 g/mol. The molecule has 0 bridgehead atoms. The Morgan fingerprint density at radius 3 is 2.61 bits per heavy atom. The quantitative estimate of drug-likeness (QED) is 0.374. The zero-order chi connectivity index (χ0) is 26.6. The molecule has 1 saturated heterocycles. The standard InChI is InChI=1S/C27H30F3N7O/c1-15(37-10-9-19(38)13-37)23-25-20(12-21(32-23)27(28,29)30)24(33-34-25)18-8-4-7-17(11-18)22(16-5-3-6-16)26-35-31-14-36(26)2/h4,7-8,11-12,14-16,19,22,38H,3,5-6,9-10,13H2,1-2H3,(H,33,34)/t15-,19-,22-/m1/s1. The molecule has 1 saturated carbocycles. The van der Waals surface area contributed by atoms with E-state index in [1.54, 1.807) is 6.33 Å². The van der Waals surface area contributed by atoms with Crippen LogP contribution in [-0.4, -0.2) is 59.1 Å². The minimum atomic E-state index is -4.61. The maximum Gasteiger partial charge on any atom is 0.433 e. The summed E-state index contributed by atoms with van der Waals surface area (Å²) in [6.07, 6.45) is 0.548. The predicted molar refractivity (Wildman–Crippen MR) is 135 cm³/mol. The molecule has 0 radical (unpaired) electrons. The number of alkyl halides is 3. The molecule has 2 fully saturated rings. The van der Waals surface area contributed by atoms with E-state index in [0.29, 0.717) is 42.0 Å². The number of nitrogens with zero attached hydrogens (tertiary/aromatic N) is 6. The number of benzene rings is 1. The van der Waals surface area contributed by atoms with Crippen LogP contribution in [0.3, 0.4) is 0 Å². The van der Waals surface area contributed by atoms with Gasteiger partial charge in [-0.1, -0.05) is 24.6 Å². The number of H-pyrrole nitrogens is 1. The van der Waals surface area contributed by atoms with Crippen LogP contribution in [0.1, 0.15) is 67.3 Å². The second kappa shape index (κ2) is 9.46. The van der Waals surface area contributed by atoms with Crippen molar-refractivity contribution >= 4 is 10.9 Å². The normalized spacial score (nSPS) is 20.6. The molecule has 2 N–H and O–H groups in total. The summed E-state index contributed by atoms with van der Waals surface area (Å²) >= 11 is 0. The highest BCUT2D eigenvalue weighted by molar-refractivity contribution is 5.94. The van der Waals surface area contributed by atoms with Crippen LogP contribution in [-0.2, 0) is 13.2 Å². The average Bonchev–Trinajstić information content (AvgIpc) is 3.59. The lowest BCUT2D eigenvalue weighted by Gasteiger charge is -2.33. The summed E-state index contributed by atoms with van der Waals surface area (Å²) in [4.78, 5) is 6.00. The fraction of sp³-hybridized carbons (Fsp3) is 0.481. The van der Waals surface area contributed by atoms with Crippen molar-refractivity contribution < 1.29 is 18.3 Å². The maximum atomic E-state index is 14.0. The summed E-state index contributed by atoms with van der Waals surface area (Å²) in [5.74, 6) is 1.37. The number of pyridine rings is 1. The Morgan fingerprint density at radius 2 is 1.97 bits per heavy atom. The molecule has 1 aromatic carbocycles. The number of hydrogen-bond acceptors (Lipinski definition) is 6. The van der Waals surface area contributed by atoms with Crippen molar-refractivity contribution in [3.8, 4) is 11.3 Å². The van der Waals surface area contributed by atoms with Gasteiger partial charge in [-0.15, -0.1) is 10.2 Å². The van der Waals surface area contributed by atoms with E-state index in [9.17, 15) is 18.3 Å². The number of halogens is 3. The van der Waals surface area contributed by atoms with E-state index in [1.165, 1.54) is 6.42 Å². The van der Waals surface area contributed by atoms with Gasteiger partial charge in [-0.05, 0) is 49.8 Å². The molecule has 11 heteroatoms. The third kappa shape index (κ3) is 4.37. The van der Waals surface area contributed by atoms with Gasteiger partial charge in [0.1, 0.15) is 23.5 Å². The lowest BCUT2D eigenvalue weighted by molar-refractivity contribution is -0.141. The fourth-order valence-electron chi connectivity index (χ4n) is 5.86. The molecule has 3 aromatic heterocycles. The van der Waals surface area contributed by atoms with Gasteiger partial charge < -0.3 is 9.67 Å². The second-order valence-corrected chi connectivity index (χ2v) is 10.6. The first-order valence-corrected chi connectivity index (χ1v) is 13.0. The summed E-state index contributed by atoms with van der Waals surface area (Å²) in [6.45, 7) is 2.81. The first kappa shape index (κ1) is 25.0. The van der Waals surface area contributed by atoms with Crippen molar-refractivity contribution in [2.45, 2.75) is 56.8 Å². The number of aromatic nitrogens is 6. The molecule has 2 aliphatic rings. The molecule has 38 heavy (non-hydrogen) atoms. The van der Waals surface area contributed by atoms with Crippen LogP contribution in [0.5, 0.6) is 0 Å². The summed E-state index contributed by atoms with van der Waals surface area (Å²) in [6, 6.07) is 8.53. The van der Waals surface area contributed by atoms with E-state index in [4.69, 9.17) is 0 Å². The first-order chi connectivity index (χ1) is 18.2.